The van der Waals surface area contributed by atoms with Crippen molar-refractivity contribution in [3.05, 3.63) is 0 Å². The first-order chi connectivity index (χ1) is 2.27. The van der Waals surface area contributed by atoms with Gasteiger partial charge < -0.3 is 0 Å². The van der Waals surface area contributed by atoms with Gasteiger partial charge in [0.25, 0.3) is 0 Å². The van der Waals surface area contributed by atoms with Crippen LogP contribution in [0.2, 0.25) is 0 Å². The fourth-order valence-electron chi connectivity index (χ4n) is 0. The summed E-state index contributed by atoms with van der Waals surface area (Å²) in [6.45, 7) is 0. The second-order valence-electron chi connectivity index (χ2n) is 0.278. The predicted octanol–water partition coefficient (Wildman–Crippen LogP) is -2.83. The summed E-state index contributed by atoms with van der Waals surface area (Å²) in [7, 11) is 0. The molecule has 0 spiro atoms. The summed E-state index contributed by atoms with van der Waals surface area (Å²) < 4.78 is 22.4. The van der Waals surface area contributed by atoms with Gasteiger partial charge in [-0.15, -0.1) is 0 Å². The third-order valence-corrected chi connectivity index (χ3v) is 3.32. The number of hydrogen-bond acceptors (Lipinski definition) is 3. The molecule has 0 saturated carbocycles. The van der Waals surface area contributed by atoms with Crippen LogP contribution in [-0.2, 0) is 1.78 Å². The first-order valence-electron chi connectivity index (χ1n) is 0.699. The molecule has 0 aliphatic rings. The standard InChI is InChI=1S/BrO3.Tl/c2-1(3)4;/q-1;+1. The Labute approximate surface area is 51.1 Å². The number of hydrogen-bond donors (Lipinski definition) is 0. The molecule has 0 heterocycles. The predicted molar refractivity (Wildman–Crippen MR) is 6.84 cm³/mol. The molecule has 0 fully saturated rings. The molecular weight excluding hydrogens is 332 g/mol. The van der Waals surface area contributed by atoms with E-state index < -0.39 is 14.8 Å². The van der Waals surface area contributed by atoms with Crippen LogP contribution < -0.4 is 8.40 Å². The fraction of sp³-hybridized carbons (Fsp3) is 0. The van der Waals surface area contributed by atoms with E-state index in [1.807, 2.05) is 0 Å². The Morgan fingerprint density at radius 1 is 1.60 bits per heavy atom. The van der Waals surface area contributed by atoms with Gasteiger partial charge in [-0.25, -0.2) is 0 Å². The van der Waals surface area contributed by atoms with E-state index in [0.29, 0.717) is 0 Å². The Kier molecular flexibility index (Phi) is 4.36. The van der Waals surface area contributed by atoms with Crippen LogP contribution in [0.3, 0.4) is 0 Å². The first-order valence-corrected chi connectivity index (χ1v) is 4.47. The molecule has 0 amide bonds. The Hall–Kier alpha value is 1.28. The van der Waals surface area contributed by atoms with Crippen molar-refractivity contribution in [3.8, 4) is 0 Å². The monoisotopic (exact) mass is 332 g/mol. The molecule has 0 saturated heterocycles. The van der Waals surface area contributed by atoms with Crippen LogP contribution in [0.15, 0.2) is 0 Å². The Bertz CT molecular complexity index is 20.9. The second kappa shape index (κ2) is 3.47. The molecule has 0 aromatic carbocycles. The molecule has 0 atom stereocenters. The van der Waals surface area contributed by atoms with Crippen LogP contribution in [0.5, 0.6) is 0 Å². The van der Waals surface area contributed by atoms with E-state index in [9.17, 15) is 8.40 Å². The SMILES string of the molecule is [O-][Br+2]([O-])[O][Tl]. The molecule has 0 unspecified atom stereocenters. The van der Waals surface area contributed by atoms with Crippen LogP contribution in [0.1, 0.15) is 0 Å². The summed E-state index contributed by atoms with van der Waals surface area (Å²) in [4.78, 5) is 0. The zero-order chi connectivity index (χ0) is 4.28. The van der Waals surface area contributed by atoms with E-state index in [0.717, 1.165) is 0 Å². The normalized spacial score (nSPS) is 9.20. The molecule has 0 bridgehead atoms. The van der Waals surface area contributed by atoms with Gasteiger partial charge in [-0.2, -0.15) is 0 Å². The Morgan fingerprint density at radius 2 is 1.80 bits per heavy atom. The van der Waals surface area contributed by atoms with Crippen LogP contribution >= 0.6 is 0 Å². The third kappa shape index (κ3) is 5.28. The Morgan fingerprint density at radius 3 is 1.80 bits per heavy atom. The summed E-state index contributed by atoms with van der Waals surface area (Å²) in [5.74, 6) is 0. The van der Waals surface area contributed by atoms with Gasteiger partial charge in [0.15, 0.2) is 0 Å². The van der Waals surface area contributed by atoms with Gasteiger partial charge in [-0.1, -0.05) is 0 Å². The summed E-state index contributed by atoms with van der Waals surface area (Å²) in [5.41, 5.74) is 0. The van der Waals surface area contributed by atoms with Crippen molar-refractivity contribution in [1.29, 1.82) is 0 Å². The molecule has 3 nitrogen and oxygen atoms in total. The van der Waals surface area contributed by atoms with Crippen molar-refractivity contribution in [3.63, 3.8) is 0 Å². The van der Waals surface area contributed by atoms with Crippen LogP contribution in [0.25, 0.3) is 0 Å². The van der Waals surface area contributed by atoms with Gasteiger partial charge in [0.1, 0.15) is 0 Å². The molecule has 28 valence electrons. The number of halogens is 1. The van der Waals surface area contributed by atoms with Crippen LogP contribution in [0, 0.1) is 14.8 Å². The van der Waals surface area contributed by atoms with Gasteiger partial charge in [-0.05, 0) is 0 Å². The minimum absolute atomic E-state index is 0.130. The average Bonchev–Trinajstić information content (AvgIpc) is 1.38. The van der Waals surface area contributed by atoms with Gasteiger partial charge in [0.05, 0.1) is 0 Å². The molecule has 5 heteroatoms. The molecule has 5 heavy (non-hydrogen) atoms. The van der Waals surface area contributed by atoms with Crippen molar-refractivity contribution < 1.29 is 25.0 Å². The third-order valence-electron chi connectivity index (χ3n) is 0.0727. The molecule has 0 aromatic heterocycles. The van der Waals surface area contributed by atoms with Crippen molar-refractivity contribution in [2.24, 2.45) is 0 Å². The van der Waals surface area contributed by atoms with E-state index in [2.05, 4.69) is 1.78 Å². The number of rotatable bonds is 1. The van der Waals surface area contributed by atoms with Crippen molar-refractivity contribution >= 4 is 26.2 Å². The van der Waals surface area contributed by atoms with Gasteiger partial charge in [0.2, 0.25) is 0 Å². The van der Waals surface area contributed by atoms with Crippen molar-refractivity contribution in [2.75, 3.05) is 0 Å². The van der Waals surface area contributed by atoms with E-state index in [1.165, 1.54) is 0 Å². The van der Waals surface area contributed by atoms with Gasteiger partial charge >= 0.3 is 51.2 Å². The maximum atomic E-state index is 9.26. The van der Waals surface area contributed by atoms with Crippen molar-refractivity contribution in [2.45, 2.75) is 0 Å². The topological polar surface area (TPSA) is 55.3 Å². The summed E-state index contributed by atoms with van der Waals surface area (Å²) >= 11 is -2.69. The second-order valence-corrected chi connectivity index (χ2v) is 5.04. The van der Waals surface area contributed by atoms with Crippen LogP contribution in [0.4, 0.5) is 0 Å². The zero-order valence-corrected chi connectivity index (χ0v) is 8.25. The Balaban J connectivity index is 2.54. The quantitative estimate of drug-likeness (QED) is 0.487. The van der Waals surface area contributed by atoms with E-state index in [-0.39, 0.29) is 26.2 Å². The van der Waals surface area contributed by atoms with E-state index >= 15 is 0 Å². The van der Waals surface area contributed by atoms with Gasteiger partial charge in [0, 0.05) is 0 Å². The van der Waals surface area contributed by atoms with Crippen molar-refractivity contribution in [1.82, 2.24) is 0 Å². The average molecular weight is 332 g/mol. The van der Waals surface area contributed by atoms with E-state index in [1.54, 1.807) is 0 Å². The molecule has 0 aliphatic carbocycles. The first kappa shape index (κ1) is 6.28. The summed E-state index contributed by atoms with van der Waals surface area (Å²) in [5, 5.41) is 0. The molecular formula is BrO3Tl. The maximum absolute atomic E-state index is 9.26. The molecule has 0 aliphatic heterocycles. The molecule has 0 rings (SSSR count). The van der Waals surface area contributed by atoms with E-state index in [4.69, 9.17) is 0 Å². The van der Waals surface area contributed by atoms with Crippen LogP contribution in [-0.4, -0.2) is 26.2 Å². The van der Waals surface area contributed by atoms with Gasteiger partial charge in [-0.3, -0.25) is 0 Å². The molecule has 0 radical (unpaired) electrons. The summed E-state index contributed by atoms with van der Waals surface area (Å²) in [6.07, 6.45) is 0. The fourth-order valence-corrected chi connectivity index (χ4v) is 0. The minimum atomic E-state index is -2.82. The zero-order valence-electron chi connectivity index (χ0n) is 2.18. The molecule has 0 N–H and O–H groups in total. The summed E-state index contributed by atoms with van der Waals surface area (Å²) in [6, 6.07) is 0. The molecule has 0 aromatic rings.